The molecule has 0 saturated heterocycles. The first kappa shape index (κ1) is 19.5. The second kappa shape index (κ2) is 8.50. The minimum Gasteiger partial charge on any atom is -0.481 e. The van der Waals surface area contributed by atoms with E-state index in [2.05, 4.69) is 0 Å². The van der Waals surface area contributed by atoms with Gasteiger partial charge in [0.1, 0.15) is 10.0 Å². The van der Waals surface area contributed by atoms with Gasteiger partial charge in [-0.3, -0.25) is 4.79 Å². The van der Waals surface area contributed by atoms with Gasteiger partial charge in [-0.15, -0.1) is 0 Å². The van der Waals surface area contributed by atoms with Gasteiger partial charge in [0.2, 0.25) is 0 Å². The lowest BCUT2D eigenvalue weighted by atomic mass is 10.2. The van der Waals surface area contributed by atoms with Gasteiger partial charge in [0.25, 0.3) is 5.91 Å². The van der Waals surface area contributed by atoms with Gasteiger partial charge in [-0.25, -0.2) is 0 Å². The van der Waals surface area contributed by atoms with Gasteiger partial charge in [-0.05, 0) is 5.56 Å². The molecule has 0 spiro atoms. The molecule has 0 aliphatic heterocycles. The van der Waals surface area contributed by atoms with Crippen LogP contribution in [0, 0.1) is 0 Å². The number of carbonyl (C=O) groups is 1. The second-order valence-corrected chi connectivity index (χ2v) is 6.81. The molecule has 0 heterocycles. The molecule has 128 valence electrons. The van der Waals surface area contributed by atoms with Crippen molar-refractivity contribution in [2.45, 2.75) is 6.54 Å². The number of carbonyl (C=O) groups excluding carboxylic acids is 1. The highest BCUT2D eigenvalue weighted by Gasteiger charge is 2.21. The van der Waals surface area contributed by atoms with E-state index in [0.717, 1.165) is 5.56 Å². The molecule has 0 N–H and O–H groups in total. The SMILES string of the molecule is CN(Cc1ccccc1)C(=O)COc1c(Cl)c(Cl)c(Cl)c(Cl)c1Cl. The monoisotopic (exact) mass is 425 g/mol. The third kappa shape index (κ3) is 4.41. The van der Waals surface area contributed by atoms with Crippen molar-refractivity contribution in [2.75, 3.05) is 13.7 Å². The predicted molar refractivity (Wildman–Crippen MR) is 99.9 cm³/mol. The summed E-state index contributed by atoms with van der Waals surface area (Å²) in [5.41, 5.74) is 1.00. The lowest BCUT2D eigenvalue weighted by molar-refractivity contribution is -0.132. The van der Waals surface area contributed by atoms with E-state index in [1.165, 1.54) is 4.90 Å². The Morgan fingerprint density at radius 3 is 1.96 bits per heavy atom. The molecule has 2 rings (SSSR count). The summed E-state index contributed by atoms with van der Waals surface area (Å²) in [5, 5.41) is 0.0954. The Labute approximate surface area is 164 Å². The number of nitrogens with zero attached hydrogens (tertiary/aromatic N) is 1. The van der Waals surface area contributed by atoms with E-state index in [-0.39, 0.29) is 43.4 Å². The highest BCUT2D eigenvalue weighted by atomic mass is 35.5. The molecule has 1 amide bonds. The Morgan fingerprint density at radius 1 is 0.917 bits per heavy atom. The van der Waals surface area contributed by atoms with E-state index < -0.39 is 0 Å². The molecular weight excluding hydrogens is 415 g/mol. The van der Waals surface area contributed by atoms with Crippen molar-refractivity contribution >= 4 is 63.9 Å². The molecular formula is C16H12Cl5NO2. The molecule has 2 aromatic rings. The smallest absolute Gasteiger partial charge is 0.260 e. The van der Waals surface area contributed by atoms with Crippen molar-refractivity contribution in [2.24, 2.45) is 0 Å². The zero-order chi connectivity index (χ0) is 17.9. The number of hydrogen-bond donors (Lipinski definition) is 0. The van der Waals surface area contributed by atoms with Crippen LogP contribution in [0.3, 0.4) is 0 Å². The minimum atomic E-state index is -0.267. The highest BCUT2D eigenvalue weighted by Crippen LogP contribution is 2.48. The van der Waals surface area contributed by atoms with Crippen LogP contribution in [-0.4, -0.2) is 24.5 Å². The molecule has 0 fully saturated rings. The summed E-state index contributed by atoms with van der Waals surface area (Å²) in [6, 6.07) is 9.57. The maximum Gasteiger partial charge on any atom is 0.260 e. The Balaban J connectivity index is 2.07. The lowest BCUT2D eigenvalue weighted by Gasteiger charge is -2.19. The molecule has 8 heteroatoms. The standard InChI is InChI=1S/C16H12Cl5NO2/c1-22(7-9-5-3-2-4-6-9)10(23)8-24-16-14(20)12(18)11(17)13(19)15(16)21/h2-6H,7-8H2,1H3. The first-order chi connectivity index (χ1) is 11.3. The van der Waals surface area contributed by atoms with Gasteiger partial charge in [0.15, 0.2) is 12.4 Å². The highest BCUT2D eigenvalue weighted by molar-refractivity contribution is 6.55. The average Bonchev–Trinajstić information content (AvgIpc) is 2.58. The third-order valence-electron chi connectivity index (χ3n) is 3.20. The molecule has 0 atom stereocenters. The molecule has 3 nitrogen and oxygen atoms in total. The van der Waals surface area contributed by atoms with Crippen LogP contribution >= 0.6 is 58.0 Å². The van der Waals surface area contributed by atoms with E-state index in [1.54, 1.807) is 7.05 Å². The summed E-state index contributed by atoms with van der Waals surface area (Å²) in [4.78, 5) is 13.7. The van der Waals surface area contributed by atoms with Crippen molar-refractivity contribution in [1.29, 1.82) is 0 Å². The molecule has 2 aromatic carbocycles. The van der Waals surface area contributed by atoms with Gasteiger partial charge in [0, 0.05) is 13.6 Å². The first-order valence-corrected chi connectivity index (χ1v) is 8.64. The van der Waals surface area contributed by atoms with Crippen LogP contribution in [0.5, 0.6) is 5.75 Å². The first-order valence-electron chi connectivity index (χ1n) is 6.75. The molecule has 0 aliphatic rings. The lowest BCUT2D eigenvalue weighted by Crippen LogP contribution is -2.31. The fraction of sp³-hybridized carbons (Fsp3) is 0.188. The van der Waals surface area contributed by atoms with E-state index in [0.29, 0.717) is 6.54 Å². The number of halogens is 5. The van der Waals surface area contributed by atoms with Crippen LogP contribution in [0.15, 0.2) is 30.3 Å². The summed E-state index contributed by atoms with van der Waals surface area (Å²) in [6.45, 7) is 0.184. The minimum absolute atomic E-state index is 0.00887. The van der Waals surface area contributed by atoms with Gasteiger partial charge < -0.3 is 9.64 Å². The fourth-order valence-electron chi connectivity index (χ4n) is 1.90. The number of amides is 1. The van der Waals surface area contributed by atoms with Gasteiger partial charge in [0.05, 0.1) is 15.1 Å². The van der Waals surface area contributed by atoms with Crippen molar-refractivity contribution in [3.8, 4) is 5.75 Å². The summed E-state index contributed by atoms with van der Waals surface area (Å²) in [6.07, 6.45) is 0. The number of rotatable bonds is 5. The summed E-state index contributed by atoms with van der Waals surface area (Å²) in [7, 11) is 1.67. The number of likely N-dealkylation sites (N-methyl/N-ethyl adjacent to an activating group) is 1. The van der Waals surface area contributed by atoms with Crippen LogP contribution in [0.25, 0.3) is 0 Å². The summed E-state index contributed by atoms with van der Waals surface area (Å²) in [5.74, 6) is -0.229. The Morgan fingerprint density at radius 2 is 1.42 bits per heavy atom. The maximum atomic E-state index is 12.2. The molecule has 0 radical (unpaired) electrons. The zero-order valence-corrected chi connectivity index (χ0v) is 16.2. The quantitative estimate of drug-likeness (QED) is 0.433. The second-order valence-electron chi connectivity index (χ2n) is 4.92. The largest absolute Gasteiger partial charge is 0.481 e. The normalized spacial score (nSPS) is 10.6. The van der Waals surface area contributed by atoms with Gasteiger partial charge in [-0.1, -0.05) is 88.3 Å². The van der Waals surface area contributed by atoms with Gasteiger partial charge >= 0.3 is 0 Å². The van der Waals surface area contributed by atoms with Crippen molar-refractivity contribution in [3.05, 3.63) is 61.0 Å². The topological polar surface area (TPSA) is 29.5 Å². The number of hydrogen-bond acceptors (Lipinski definition) is 2. The van der Waals surface area contributed by atoms with Gasteiger partial charge in [-0.2, -0.15) is 0 Å². The van der Waals surface area contributed by atoms with E-state index >= 15 is 0 Å². The zero-order valence-electron chi connectivity index (χ0n) is 12.5. The van der Waals surface area contributed by atoms with Crippen LogP contribution in [0.2, 0.25) is 25.1 Å². The molecule has 24 heavy (non-hydrogen) atoms. The van der Waals surface area contributed by atoms with Crippen LogP contribution in [0.4, 0.5) is 0 Å². The van der Waals surface area contributed by atoms with E-state index in [9.17, 15) is 4.79 Å². The molecule has 0 bridgehead atoms. The average molecular weight is 428 g/mol. The Bertz CT molecular complexity index is 723. The molecule has 0 aromatic heterocycles. The van der Waals surface area contributed by atoms with Crippen molar-refractivity contribution in [1.82, 2.24) is 4.90 Å². The third-order valence-corrected chi connectivity index (χ3v) is 5.44. The predicted octanol–water partition coefficient (Wildman–Crippen LogP) is 5.99. The van der Waals surface area contributed by atoms with Crippen LogP contribution in [-0.2, 0) is 11.3 Å². The van der Waals surface area contributed by atoms with Crippen molar-refractivity contribution < 1.29 is 9.53 Å². The summed E-state index contributed by atoms with van der Waals surface area (Å²) >= 11 is 29.9. The molecule has 0 aliphatic carbocycles. The Kier molecular flexibility index (Phi) is 6.90. The van der Waals surface area contributed by atoms with Crippen LogP contribution < -0.4 is 4.74 Å². The number of ether oxygens (including phenoxy) is 1. The fourth-order valence-corrected chi connectivity index (χ4v) is 3.13. The van der Waals surface area contributed by atoms with E-state index in [1.807, 2.05) is 30.3 Å². The van der Waals surface area contributed by atoms with Crippen LogP contribution in [0.1, 0.15) is 5.56 Å². The maximum absolute atomic E-state index is 12.2. The Hall–Kier alpha value is -0.840. The van der Waals surface area contributed by atoms with Crippen molar-refractivity contribution in [3.63, 3.8) is 0 Å². The van der Waals surface area contributed by atoms with E-state index in [4.69, 9.17) is 62.7 Å². The molecule has 0 saturated carbocycles. The number of benzene rings is 2. The summed E-state index contributed by atoms with van der Waals surface area (Å²) < 4.78 is 5.42. The molecule has 0 unspecified atom stereocenters.